The second-order valence-electron chi connectivity index (χ2n) is 10.8. The van der Waals surface area contributed by atoms with Crippen molar-refractivity contribution in [1.29, 1.82) is 0 Å². The molecule has 0 unspecified atom stereocenters. The molecule has 1 aromatic carbocycles. The highest BCUT2D eigenvalue weighted by molar-refractivity contribution is 7.86. The molecule has 0 fully saturated rings. The fraction of sp³-hybridized carbons (Fsp3) is 0.690. The number of ether oxygens (including phenoxy) is 1. The first kappa shape index (κ1) is 31.7. The van der Waals surface area contributed by atoms with Gasteiger partial charge in [0.05, 0.1) is 11.5 Å². The standard InChI is InChI=1S/C29H48O6SSi/c1-8-37(9-2,10-3)35-28-12-11-13-29(30)34-27(19-16-23(5)20-24(28)6)25(7)21-33-36(31,32)26-17-14-22(4)15-18-26/h14-18,24-25,27-28H,8-13,19-21H2,1-7H3/b23-16+/t24-,25-,27+,28-/m0/s1. The quantitative estimate of drug-likeness (QED) is 0.132. The van der Waals surface area contributed by atoms with Crippen LogP contribution in [0.25, 0.3) is 0 Å². The lowest BCUT2D eigenvalue weighted by molar-refractivity contribution is -0.152. The summed E-state index contributed by atoms with van der Waals surface area (Å²) in [5.41, 5.74) is 2.21. The van der Waals surface area contributed by atoms with Crippen molar-refractivity contribution in [2.75, 3.05) is 6.61 Å². The van der Waals surface area contributed by atoms with Crippen LogP contribution in [0.3, 0.4) is 0 Å². The third-order valence-corrected chi connectivity index (χ3v) is 13.9. The normalized spacial score (nSPS) is 24.8. The van der Waals surface area contributed by atoms with E-state index in [1.165, 1.54) is 5.57 Å². The summed E-state index contributed by atoms with van der Waals surface area (Å²) >= 11 is 0. The highest BCUT2D eigenvalue weighted by atomic mass is 32.2. The summed E-state index contributed by atoms with van der Waals surface area (Å²) in [6.07, 6.45) is 5.19. The summed E-state index contributed by atoms with van der Waals surface area (Å²) in [6.45, 7) is 14.8. The highest BCUT2D eigenvalue weighted by Crippen LogP contribution is 2.31. The van der Waals surface area contributed by atoms with Crippen LogP contribution in [-0.4, -0.2) is 41.5 Å². The molecule has 4 atom stereocenters. The monoisotopic (exact) mass is 552 g/mol. The maximum atomic E-state index is 12.8. The van der Waals surface area contributed by atoms with E-state index in [9.17, 15) is 13.2 Å². The molecule has 0 radical (unpaired) electrons. The van der Waals surface area contributed by atoms with Crippen molar-refractivity contribution in [3.05, 3.63) is 41.5 Å². The van der Waals surface area contributed by atoms with Gasteiger partial charge >= 0.3 is 5.97 Å². The van der Waals surface area contributed by atoms with Crippen molar-refractivity contribution < 1.29 is 26.6 Å². The smallest absolute Gasteiger partial charge is 0.306 e. The molecule has 6 nitrogen and oxygen atoms in total. The molecule has 210 valence electrons. The van der Waals surface area contributed by atoms with Gasteiger partial charge in [0.25, 0.3) is 10.1 Å². The molecule has 1 aliphatic heterocycles. The lowest BCUT2D eigenvalue weighted by Crippen LogP contribution is -2.42. The van der Waals surface area contributed by atoms with E-state index in [-0.39, 0.29) is 29.5 Å². The van der Waals surface area contributed by atoms with Crippen molar-refractivity contribution in [3.8, 4) is 0 Å². The summed E-state index contributed by atoms with van der Waals surface area (Å²) in [4.78, 5) is 12.9. The molecule has 1 heterocycles. The Bertz CT molecular complexity index is 976. The number of cyclic esters (lactones) is 1. The highest BCUT2D eigenvalue weighted by Gasteiger charge is 2.34. The molecule has 2 rings (SSSR count). The first-order valence-corrected chi connectivity index (χ1v) is 17.9. The van der Waals surface area contributed by atoms with Gasteiger partial charge in [0.1, 0.15) is 6.10 Å². The number of hydrogen-bond acceptors (Lipinski definition) is 6. The Morgan fingerprint density at radius 1 is 1.08 bits per heavy atom. The van der Waals surface area contributed by atoms with Crippen molar-refractivity contribution in [2.24, 2.45) is 11.8 Å². The van der Waals surface area contributed by atoms with Gasteiger partial charge in [-0.25, -0.2) is 0 Å². The van der Waals surface area contributed by atoms with Gasteiger partial charge in [-0.1, -0.05) is 64.0 Å². The van der Waals surface area contributed by atoms with E-state index < -0.39 is 24.5 Å². The Kier molecular flexibility index (Phi) is 12.5. The Morgan fingerprint density at radius 2 is 1.70 bits per heavy atom. The number of carbonyl (C=O) groups is 1. The fourth-order valence-electron chi connectivity index (χ4n) is 4.97. The number of benzene rings is 1. The molecule has 0 N–H and O–H groups in total. The van der Waals surface area contributed by atoms with Crippen molar-refractivity contribution in [1.82, 2.24) is 0 Å². The molecule has 1 aliphatic rings. The van der Waals surface area contributed by atoms with Crippen LogP contribution in [0.4, 0.5) is 0 Å². The van der Waals surface area contributed by atoms with Gasteiger partial charge in [-0.05, 0) is 69.3 Å². The average molecular weight is 553 g/mol. The Morgan fingerprint density at radius 3 is 2.30 bits per heavy atom. The van der Waals surface area contributed by atoms with Crippen molar-refractivity contribution >= 4 is 24.4 Å². The summed E-state index contributed by atoms with van der Waals surface area (Å²) in [6, 6.07) is 9.91. The zero-order valence-corrected chi connectivity index (χ0v) is 25.7. The van der Waals surface area contributed by atoms with Crippen LogP contribution in [-0.2, 0) is 28.3 Å². The molecule has 37 heavy (non-hydrogen) atoms. The van der Waals surface area contributed by atoms with E-state index >= 15 is 0 Å². The molecule has 0 saturated carbocycles. The third-order valence-electron chi connectivity index (χ3n) is 7.89. The van der Waals surface area contributed by atoms with Gasteiger partial charge in [0, 0.05) is 24.9 Å². The third kappa shape index (κ3) is 9.64. The molecule has 0 amide bonds. The van der Waals surface area contributed by atoms with Gasteiger partial charge in [0.15, 0.2) is 8.32 Å². The van der Waals surface area contributed by atoms with Crippen LogP contribution in [0.5, 0.6) is 0 Å². The first-order valence-electron chi connectivity index (χ1n) is 13.9. The number of rotatable bonds is 10. The molecule has 0 spiro atoms. The summed E-state index contributed by atoms with van der Waals surface area (Å²) < 4.78 is 43.4. The van der Waals surface area contributed by atoms with E-state index in [4.69, 9.17) is 13.3 Å². The van der Waals surface area contributed by atoms with E-state index in [2.05, 4.69) is 40.7 Å². The predicted octanol–water partition coefficient (Wildman–Crippen LogP) is 7.19. The number of esters is 1. The zero-order valence-electron chi connectivity index (χ0n) is 23.9. The summed E-state index contributed by atoms with van der Waals surface area (Å²) in [5.74, 6) is -0.168. The van der Waals surface area contributed by atoms with E-state index in [0.717, 1.165) is 43.0 Å². The SMILES string of the molecule is CC[Si](CC)(CC)O[C@H]1CCCC(=O)O[C@@H]([C@@H](C)COS(=O)(=O)c2ccc(C)cc2)C/C=C(\C)C[C@@H]1C. The number of carbonyl (C=O) groups excluding carboxylic acids is 1. The van der Waals surface area contributed by atoms with Gasteiger partial charge in [-0.15, -0.1) is 0 Å². The minimum Gasteiger partial charge on any atom is -0.462 e. The Hall–Kier alpha value is -1.48. The average Bonchev–Trinajstić information content (AvgIpc) is 2.87. The molecule has 0 bridgehead atoms. The van der Waals surface area contributed by atoms with Crippen LogP contribution in [0.1, 0.15) is 79.2 Å². The van der Waals surface area contributed by atoms with Crippen LogP contribution in [0.15, 0.2) is 40.8 Å². The molecule has 0 aromatic heterocycles. The van der Waals surface area contributed by atoms with Gasteiger partial charge in [-0.3, -0.25) is 8.98 Å². The van der Waals surface area contributed by atoms with Crippen LogP contribution >= 0.6 is 0 Å². The number of hydrogen-bond donors (Lipinski definition) is 0. The van der Waals surface area contributed by atoms with Gasteiger partial charge < -0.3 is 9.16 Å². The molecule has 0 saturated heterocycles. The van der Waals surface area contributed by atoms with Crippen molar-refractivity contribution in [3.63, 3.8) is 0 Å². The second kappa shape index (κ2) is 14.6. The maximum absolute atomic E-state index is 12.8. The summed E-state index contributed by atoms with van der Waals surface area (Å²) in [7, 11) is -5.63. The zero-order chi connectivity index (χ0) is 27.6. The number of aryl methyl sites for hydroxylation is 1. The summed E-state index contributed by atoms with van der Waals surface area (Å²) in [5, 5.41) is 0. The topological polar surface area (TPSA) is 78.9 Å². The van der Waals surface area contributed by atoms with Gasteiger partial charge in [-0.2, -0.15) is 8.42 Å². The molecular weight excluding hydrogens is 504 g/mol. The van der Waals surface area contributed by atoms with Crippen molar-refractivity contribution in [2.45, 2.75) is 116 Å². The van der Waals surface area contributed by atoms with E-state index in [0.29, 0.717) is 18.8 Å². The lowest BCUT2D eigenvalue weighted by atomic mass is 9.91. The van der Waals surface area contributed by atoms with Gasteiger partial charge in [0.2, 0.25) is 0 Å². The molecular formula is C29H48O6SSi. The second-order valence-corrected chi connectivity index (χ2v) is 17.2. The van der Waals surface area contributed by atoms with Crippen LogP contribution in [0.2, 0.25) is 18.1 Å². The molecule has 0 aliphatic carbocycles. The fourth-order valence-corrected chi connectivity index (χ4v) is 8.96. The van der Waals surface area contributed by atoms with E-state index in [1.54, 1.807) is 24.3 Å². The minimum atomic E-state index is -3.88. The molecule has 8 heteroatoms. The maximum Gasteiger partial charge on any atom is 0.306 e. The minimum absolute atomic E-state index is 0.0505. The first-order chi connectivity index (χ1) is 17.4. The lowest BCUT2D eigenvalue weighted by Gasteiger charge is -2.36. The molecule has 1 aromatic rings. The largest absolute Gasteiger partial charge is 0.462 e. The van der Waals surface area contributed by atoms with Crippen LogP contribution < -0.4 is 0 Å². The number of allylic oxidation sites excluding steroid dienone is 1. The Labute approximate surface area is 226 Å². The van der Waals surface area contributed by atoms with Crippen LogP contribution in [0, 0.1) is 18.8 Å². The van der Waals surface area contributed by atoms with E-state index in [1.807, 2.05) is 13.8 Å². The predicted molar refractivity (Wildman–Crippen MR) is 151 cm³/mol. The Balaban J connectivity index is 2.11.